The Kier molecular flexibility index (Phi) is 3.84. The number of hydrogen-bond donors (Lipinski definition) is 0. The van der Waals surface area contributed by atoms with E-state index < -0.39 is 0 Å². The van der Waals surface area contributed by atoms with Gasteiger partial charge in [0.05, 0.1) is 6.61 Å². The number of benzene rings is 1. The van der Waals surface area contributed by atoms with Crippen LogP contribution in [0.3, 0.4) is 0 Å². The lowest BCUT2D eigenvalue weighted by Crippen LogP contribution is -1.96. The number of allylic oxidation sites excluding steroid dienone is 1. The molecule has 70 valence electrons. The second-order valence-electron chi connectivity index (χ2n) is 2.67. The standard InChI is InChI=1S/C11H13ClO/c1-3-13-11-7-5-4-6-10(11)9(2)8-12/h4-7H,2-3,8H2,1H3. The van der Waals surface area contributed by atoms with E-state index in [4.69, 9.17) is 16.3 Å². The van der Waals surface area contributed by atoms with Gasteiger partial charge in [-0.2, -0.15) is 0 Å². The minimum absolute atomic E-state index is 0.435. The van der Waals surface area contributed by atoms with Crippen molar-refractivity contribution < 1.29 is 4.74 Å². The fourth-order valence-electron chi connectivity index (χ4n) is 1.11. The zero-order valence-corrected chi connectivity index (χ0v) is 8.47. The van der Waals surface area contributed by atoms with Gasteiger partial charge in [-0.05, 0) is 18.6 Å². The molecule has 0 amide bonds. The van der Waals surface area contributed by atoms with Gasteiger partial charge in [0.25, 0.3) is 0 Å². The Morgan fingerprint density at radius 2 is 2.15 bits per heavy atom. The van der Waals surface area contributed by atoms with Crippen molar-refractivity contribution in [3.05, 3.63) is 36.4 Å². The smallest absolute Gasteiger partial charge is 0.126 e. The first-order chi connectivity index (χ1) is 6.29. The number of ether oxygens (including phenoxy) is 1. The molecular weight excluding hydrogens is 184 g/mol. The predicted octanol–water partition coefficient (Wildman–Crippen LogP) is 3.34. The predicted molar refractivity (Wildman–Crippen MR) is 57.4 cm³/mol. The third-order valence-electron chi connectivity index (χ3n) is 1.73. The highest BCUT2D eigenvalue weighted by Gasteiger charge is 2.04. The van der Waals surface area contributed by atoms with Gasteiger partial charge in [-0.25, -0.2) is 0 Å². The molecule has 1 aromatic rings. The van der Waals surface area contributed by atoms with Crippen LogP contribution in [0.2, 0.25) is 0 Å². The topological polar surface area (TPSA) is 9.23 Å². The summed E-state index contributed by atoms with van der Waals surface area (Å²) in [5, 5.41) is 0. The zero-order chi connectivity index (χ0) is 9.68. The number of para-hydroxylation sites is 1. The summed E-state index contributed by atoms with van der Waals surface area (Å²) in [6.07, 6.45) is 0. The Labute approximate surface area is 84.0 Å². The van der Waals surface area contributed by atoms with E-state index in [1.165, 1.54) is 0 Å². The molecule has 0 N–H and O–H groups in total. The van der Waals surface area contributed by atoms with Crippen LogP contribution in [0, 0.1) is 0 Å². The van der Waals surface area contributed by atoms with Gasteiger partial charge in [0, 0.05) is 11.4 Å². The molecule has 0 aliphatic carbocycles. The van der Waals surface area contributed by atoms with E-state index in [-0.39, 0.29) is 0 Å². The Hall–Kier alpha value is -0.950. The van der Waals surface area contributed by atoms with Gasteiger partial charge in [0.15, 0.2) is 0 Å². The van der Waals surface area contributed by atoms with Crippen molar-refractivity contribution in [3.63, 3.8) is 0 Å². The van der Waals surface area contributed by atoms with Crippen molar-refractivity contribution >= 4 is 17.2 Å². The van der Waals surface area contributed by atoms with Crippen molar-refractivity contribution in [2.45, 2.75) is 6.92 Å². The molecule has 0 saturated carbocycles. The number of halogens is 1. The molecule has 0 aromatic heterocycles. The van der Waals surface area contributed by atoms with E-state index in [1.54, 1.807) is 0 Å². The van der Waals surface area contributed by atoms with Gasteiger partial charge < -0.3 is 4.74 Å². The van der Waals surface area contributed by atoms with E-state index in [0.717, 1.165) is 16.9 Å². The van der Waals surface area contributed by atoms with Crippen LogP contribution in [0.5, 0.6) is 5.75 Å². The van der Waals surface area contributed by atoms with Crippen LogP contribution in [0.15, 0.2) is 30.8 Å². The lowest BCUT2D eigenvalue weighted by Gasteiger charge is -2.09. The van der Waals surface area contributed by atoms with Crippen LogP contribution in [0.25, 0.3) is 5.57 Å². The van der Waals surface area contributed by atoms with Gasteiger partial charge in [-0.15, -0.1) is 11.6 Å². The Bertz CT molecular complexity index is 294. The van der Waals surface area contributed by atoms with Crippen LogP contribution in [0.1, 0.15) is 12.5 Å². The zero-order valence-electron chi connectivity index (χ0n) is 7.72. The van der Waals surface area contributed by atoms with Gasteiger partial charge in [0.1, 0.15) is 5.75 Å². The molecule has 1 aromatic carbocycles. The maximum absolute atomic E-state index is 5.70. The van der Waals surface area contributed by atoms with E-state index in [0.29, 0.717) is 12.5 Å². The lowest BCUT2D eigenvalue weighted by atomic mass is 10.1. The second kappa shape index (κ2) is 4.93. The van der Waals surface area contributed by atoms with Gasteiger partial charge in [-0.3, -0.25) is 0 Å². The Morgan fingerprint density at radius 1 is 1.46 bits per heavy atom. The molecule has 1 rings (SSSR count). The average molecular weight is 197 g/mol. The number of hydrogen-bond acceptors (Lipinski definition) is 1. The van der Waals surface area contributed by atoms with Crippen molar-refractivity contribution in [2.24, 2.45) is 0 Å². The number of alkyl halides is 1. The van der Waals surface area contributed by atoms with Crippen molar-refractivity contribution in [1.82, 2.24) is 0 Å². The summed E-state index contributed by atoms with van der Waals surface area (Å²) in [5.74, 6) is 1.29. The third-order valence-corrected chi connectivity index (χ3v) is 2.05. The van der Waals surface area contributed by atoms with E-state index in [1.807, 2.05) is 31.2 Å². The molecule has 0 atom stereocenters. The Morgan fingerprint density at radius 3 is 2.77 bits per heavy atom. The van der Waals surface area contributed by atoms with Gasteiger partial charge in [0.2, 0.25) is 0 Å². The van der Waals surface area contributed by atoms with Crippen LogP contribution in [0.4, 0.5) is 0 Å². The molecule has 13 heavy (non-hydrogen) atoms. The largest absolute Gasteiger partial charge is 0.493 e. The second-order valence-corrected chi connectivity index (χ2v) is 2.93. The van der Waals surface area contributed by atoms with Crippen molar-refractivity contribution in [3.8, 4) is 5.75 Å². The minimum Gasteiger partial charge on any atom is -0.493 e. The molecule has 0 unspecified atom stereocenters. The molecule has 0 spiro atoms. The van der Waals surface area contributed by atoms with Crippen molar-refractivity contribution in [2.75, 3.05) is 12.5 Å². The maximum Gasteiger partial charge on any atom is 0.126 e. The molecule has 0 radical (unpaired) electrons. The van der Waals surface area contributed by atoms with E-state index >= 15 is 0 Å². The summed E-state index contributed by atoms with van der Waals surface area (Å²) in [6.45, 7) is 6.49. The van der Waals surface area contributed by atoms with E-state index in [9.17, 15) is 0 Å². The molecule has 0 bridgehead atoms. The number of rotatable bonds is 4. The monoisotopic (exact) mass is 196 g/mol. The fourth-order valence-corrected chi connectivity index (χ4v) is 1.26. The summed E-state index contributed by atoms with van der Waals surface area (Å²) < 4.78 is 5.44. The molecule has 0 saturated heterocycles. The quantitative estimate of drug-likeness (QED) is 0.672. The van der Waals surface area contributed by atoms with Gasteiger partial charge in [-0.1, -0.05) is 24.8 Å². The van der Waals surface area contributed by atoms with E-state index in [2.05, 4.69) is 6.58 Å². The molecule has 1 nitrogen and oxygen atoms in total. The molecular formula is C11H13ClO. The first-order valence-electron chi connectivity index (χ1n) is 4.25. The highest BCUT2D eigenvalue weighted by Crippen LogP contribution is 2.25. The first-order valence-corrected chi connectivity index (χ1v) is 4.79. The highest BCUT2D eigenvalue weighted by atomic mass is 35.5. The average Bonchev–Trinajstić information content (AvgIpc) is 2.18. The molecule has 0 aliphatic rings. The summed E-state index contributed by atoms with van der Waals surface area (Å²) in [7, 11) is 0. The first kappa shape index (κ1) is 10.1. The summed E-state index contributed by atoms with van der Waals surface area (Å²) in [6, 6.07) is 7.79. The minimum atomic E-state index is 0.435. The van der Waals surface area contributed by atoms with Crippen LogP contribution in [-0.4, -0.2) is 12.5 Å². The summed E-state index contributed by atoms with van der Waals surface area (Å²) >= 11 is 5.70. The summed E-state index contributed by atoms with van der Waals surface area (Å²) in [5.41, 5.74) is 1.89. The van der Waals surface area contributed by atoms with Crippen molar-refractivity contribution in [1.29, 1.82) is 0 Å². The highest BCUT2D eigenvalue weighted by molar-refractivity contribution is 6.23. The Balaban J connectivity index is 2.97. The normalized spacial score (nSPS) is 9.69. The van der Waals surface area contributed by atoms with Crippen LogP contribution >= 0.6 is 11.6 Å². The SMILES string of the molecule is C=C(CCl)c1ccccc1OCC. The molecule has 0 fully saturated rings. The molecule has 0 heterocycles. The fraction of sp³-hybridized carbons (Fsp3) is 0.273. The van der Waals surface area contributed by atoms with Crippen LogP contribution in [-0.2, 0) is 0 Å². The summed E-state index contributed by atoms with van der Waals surface area (Å²) in [4.78, 5) is 0. The third kappa shape index (κ3) is 2.49. The lowest BCUT2D eigenvalue weighted by molar-refractivity contribution is 0.339. The molecule has 0 aliphatic heterocycles. The van der Waals surface area contributed by atoms with Gasteiger partial charge >= 0.3 is 0 Å². The maximum atomic E-state index is 5.70. The molecule has 2 heteroatoms. The van der Waals surface area contributed by atoms with Crippen LogP contribution < -0.4 is 4.74 Å².